The van der Waals surface area contributed by atoms with Gasteiger partial charge in [-0.25, -0.2) is 9.79 Å². The molecule has 0 saturated heterocycles. The molecule has 6 N–H and O–H groups in total. The Bertz CT molecular complexity index is 1110. The van der Waals surface area contributed by atoms with E-state index in [2.05, 4.69) is 11.1 Å². The summed E-state index contributed by atoms with van der Waals surface area (Å²) in [4.78, 5) is 15.1. The zero-order valence-electron chi connectivity index (χ0n) is 18.7. The van der Waals surface area contributed by atoms with E-state index < -0.39 is 5.97 Å². The van der Waals surface area contributed by atoms with E-state index in [1.807, 2.05) is 30.3 Å². The summed E-state index contributed by atoms with van der Waals surface area (Å²) >= 11 is 0. The molecule has 6 rings (SSSR count). The van der Waals surface area contributed by atoms with Crippen LogP contribution in [0.15, 0.2) is 47.5 Å². The molecule has 0 radical (unpaired) electrons. The van der Waals surface area contributed by atoms with Crippen molar-refractivity contribution in [3.05, 3.63) is 59.2 Å². The second-order valence-corrected chi connectivity index (χ2v) is 10.3. The number of aliphatic imine (C=N–C) groups is 1. The number of carbonyl (C=O) groups is 1. The third kappa shape index (κ3) is 4.22. The van der Waals surface area contributed by atoms with Gasteiger partial charge in [-0.15, -0.1) is 0 Å². The lowest BCUT2D eigenvalue weighted by Crippen LogP contribution is -2.48. The highest BCUT2D eigenvalue weighted by Crippen LogP contribution is 2.62. The molecule has 4 fully saturated rings. The fourth-order valence-electron chi connectivity index (χ4n) is 7.04. The van der Waals surface area contributed by atoms with Gasteiger partial charge in [-0.05, 0) is 108 Å². The SMILES string of the molecule is NC(N)=NCc1cc(C=CC(=O)O)ccc1-c1ccc(O)c(C23CC4CC(CC(C4)C2)C3)c1. The molecule has 0 heterocycles. The van der Waals surface area contributed by atoms with Gasteiger partial charge in [-0.2, -0.15) is 0 Å². The number of nitrogens with zero attached hydrogens (tertiary/aromatic N) is 1. The van der Waals surface area contributed by atoms with E-state index in [0.717, 1.165) is 51.6 Å². The molecule has 6 nitrogen and oxygen atoms in total. The lowest BCUT2D eigenvalue weighted by Gasteiger charge is -2.57. The van der Waals surface area contributed by atoms with Crippen molar-refractivity contribution in [1.29, 1.82) is 0 Å². The average Bonchev–Trinajstić information content (AvgIpc) is 2.75. The average molecular weight is 446 g/mol. The summed E-state index contributed by atoms with van der Waals surface area (Å²) in [5.41, 5.74) is 16.0. The standard InChI is InChI=1S/C27H31N3O3/c28-26(29)30-15-21-10-16(2-6-25(32)33)1-4-22(21)20-3-5-24(31)23(11-20)27-12-17-7-18(13-27)9-19(8-17)14-27/h1-6,10-11,17-19,31H,7-9,12-15H2,(H,32,33)(H4,28,29,30). The fraction of sp³-hybridized carbons (Fsp3) is 0.407. The minimum absolute atomic E-state index is 0.00685. The summed E-state index contributed by atoms with van der Waals surface area (Å²) in [6, 6.07) is 11.7. The van der Waals surface area contributed by atoms with Crippen molar-refractivity contribution in [2.45, 2.75) is 50.5 Å². The van der Waals surface area contributed by atoms with Crippen LogP contribution in [0.5, 0.6) is 5.75 Å². The van der Waals surface area contributed by atoms with Crippen molar-refractivity contribution < 1.29 is 15.0 Å². The van der Waals surface area contributed by atoms with Gasteiger partial charge in [0.25, 0.3) is 0 Å². The van der Waals surface area contributed by atoms with Crippen molar-refractivity contribution in [3.63, 3.8) is 0 Å². The number of phenols is 1. The Morgan fingerprint density at radius 1 is 1.03 bits per heavy atom. The quantitative estimate of drug-likeness (QED) is 0.298. The monoisotopic (exact) mass is 445 g/mol. The lowest BCUT2D eigenvalue weighted by molar-refractivity contribution is -0.131. The number of carboxylic acid groups (broad SMARTS) is 1. The largest absolute Gasteiger partial charge is 0.508 e. The molecule has 172 valence electrons. The summed E-state index contributed by atoms with van der Waals surface area (Å²) in [6.45, 7) is 0.292. The molecule has 0 aromatic heterocycles. The van der Waals surface area contributed by atoms with Gasteiger partial charge in [0.1, 0.15) is 5.75 Å². The minimum Gasteiger partial charge on any atom is -0.508 e. The van der Waals surface area contributed by atoms with Crippen molar-refractivity contribution in [2.24, 2.45) is 34.2 Å². The smallest absolute Gasteiger partial charge is 0.328 e. The summed E-state index contributed by atoms with van der Waals surface area (Å²) in [6.07, 6.45) is 10.3. The molecule has 0 atom stereocenters. The first-order chi connectivity index (χ1) is 15.8. The number of nitrogens with two attached hydrogens (primary N) is 2. The van der Waals surface area contributed by atoms with E-state index in [1.54, 1.807) is 6.08 Å². The Hall–Kier alpha value is -3.28. The highest BCUT2D eigenvalue weighted by molar-refractivity contribution is 5.85. The molecule has 4 aliphatic carbocycles. The summed E-state index contributed by atoms with van der Waals surface area (Å²) in [5, 5.41) is 19.9. The second-order valence-electron chi connectivity index (χ2n) is 10.3. The summed E-state index contributed by atoms with van der Waals surface area (Å²) in [5.74, 6) is 1.77. The Balaban J connectivity index is 1.55. The molecule has 0 unspecified atom stereocenters. The van der Waals surface area contributed by atoms with Gasteiger partial charge in [0.05, 0.1) is 6.54 Å². The number of hydrogen-bond donors (Lipinski definition) is 4. The van der Waals surface area contributed by atoms with E-state index in [4.69, 9.17) is 16.6 Å². The number of aromatic hydroxyl groups is 1. The molecular weight excluding hydrogens is 414 g/mol. The zero-order chi connectivity index (χ0) is 23.2. The summed E-state index contributed by atoms with van der Waals surface area (Å²) < 4.78 is 0. The van der Waals surface area contributed by atoms with Gasteiger partial charge in [0.15, 0.2) is 5.96 Å². The Morgan fingerprint density at radius 2 is 1.70 bits per heavy atom. The van der Waals surface area contributed by atoms with Gasteiger partial charge < -0.3 is 21.7 Å². The molecule has 0 aliphatic heterocycles. The predicted molar refractivity (Wildman–Crippen MR) is 130 cm³/mol. The normalized spacial score (nSPS) is 27.7. The van der Waals surface area contributed by atoms with E-state index in [-0.39, 0.29) is 11.4 Å². The maximum Gasteiger partial charge on any atom is 0.328 e. The van der Waals surface area contributed by atoms with E-state index in [1.165, 1.54) is 38.5 Å². The Morgan fingerprint density at radius 3 is 2.30 bits per heavy atom. The van der Waals surface area contributed by atoms with Crippen LogP contribution in [0.4, 0.5) is 0 Å². The molecule has 33 heavy (non-hydrogen) atoms. The zero-order valence-corrected chi connectivity index (χ0v) is 18.7. The molecule has 4 bridgehead atoms. The van der Waals surface area contributed by atoms with Crippen molar-refractivity contribution in [2.75, 3.05) is 0 Å². The summed E-state index contributed by atoms with van der Waals surface area (Å²) in [7, 11) is 0. The van der Waals surface area contributed by atoms with Crippen LogP contribution in [0.25, 0.3) is 17.2 Å². The molecule has 0 amide bonds. The van der Waals surface area contributed by atoms with Gasteiger partial charge in [0, 0.05) is 11.6 Å². The Labute approximate surface area is 194 Å². The van der Waals surface area contributed by atoms with Crippen LogP contribution >= 0.6 is 0 Å². The topological polar surface area (TPSA) is 122 Å². The van der Waals surface area contributed by atoms with Gasteiger partial charge in [-0.1, -0.05) is 18.2 Å². The molecule has 2 aromatic carbocycles. The number of phenolic OH excluding ortho intramolecular Hbond substituents is 1. The third-order valence-corrected chi connectivity index (χ3v) is 7.90. The van der Waals surface area contributed by atoms with E-state index in [9.17, 15) is 9.90 Å². The van der Waals surface area contributed by atoms with Gasteiger partial charge >= 0.3 is 5.97 Å². The van der Waals surface area contributed by atoms with Crippen molar-refractivity contribution in [1.82, 2.24) is 0 Å². The minimum atomic E-state index is -0.997. The number of hydrogen-bond acceptors (Lipinski definition) is 3. The highest BCUT2D eigenvalue weighted by atomic mass is 16.4. The maximum absolute atomic E-state index is 10.9. The highest BCUT2D eigenvalue weighted by Gasteiger charge is 2.52. The predicted octanol–water partition coefficient (Wildman–Crippen LogP) is 4.40. The molecule has 6 heteroatoms. The van der Waals surface area contributed by atoms with E-state index >= 15 is 0 Å². The van der Waals surface area contributed by atoms with E-state index in [0.29, 0.717) is 12.3 Å². The van der Waals surface area contributed by atoms with Gasteiger partial charge in [-0.3, -0.25) is 0 Å². The second kappa shape index (κ2) is 8.25. The number of benzene rings is 2. The van der Waals surface area contributed by atoms with Crippen LogP contribution < -0.4 is 11.5 Å². The van der Waals surface area contributed by atoms with Crippen LogP contribution in [0, 0.1) is 17.8 Å². The first-order valence-electron chi connectivity index (χ1n) is 11.7. The fourth-order valence-corrected chi connectivity index (χ4v) is 7.04. The van der Waals surface area contributed by atoms with Crippen LogP contribution in [-0.4, -0.2) is 22.1 Å². The molecule has 4 saturated carbocycles. The van der Waals surface area contributed by atoms with Crippen LogP contribution in [0.1, 0.15) is 55.2 Å². The van der Waals surface area contributed by atoms with Gasteiger partial charge in [0.2, 0.25) is 0 Å². The Kier molecular flexibility index (Phi) is 5.39. The van der Waals surface area contributed by atoms with Crippen molar-refractivity contribution >= 4 is 18.0 Å². The number of aliphatic carboxylic acids is 1. The third-order valence-electron chi connectivity index (χ3n) is 7.90. The van der Waals surface area contributed by atoms with Crippen LogP contribution in [0.3, 0.4) is 0 Å². The molecular formula is C27H31N3O3. The number of rotatable bonds is 6. The first-order valence-corrected chi connectivity index (χ1v) is 11.7. The number of carboxylic acids is 1. The first kappa shape index (κ1) is 21.6. The number of guanidine groups is 1. The maximum atomic E-state index is 10.9. The lowest BCUT2D eigenvalue weighted by atomic mass is 9.48. The van der Waals surface area contributed by atoms with Crippen molar-refractivity contribution in [3.8, 4) is 16.9 Å². The van der Waals surface area contributed by atoms with Crippen LogP contribution in [-0.2, 0) is 16.8 Å². The molecule has 0 spiro atoms. The molecule has 2 aromatic rings. The molecule has 4 aliphatic rings. The van der Waals surface area contributed by atoms with Crippen LogP contribution in [0.2, 0.25) is 0 Å².